The maximum atomic E-state index is 13.9. The van der Waals surface area contributed by atoms with Crippen LogP contribution in [-0.4, -0.2) is 86.4 Å². The number of carbonyl (C=O) groups excluding carboxylic acids is 2. The Morgan fingerprint density at radius 3 is 2.22 bits per heavy atom. The fraction of sp³-hybridized carbons (Fsp3) is 0.440. The minimum atomic E-state index is -4.16. The largest absolute Gasteiger partial charge is 0.497 e. The lowest BCUT2D eigenvalue weighted by molar-refractivity contribution is -0.137. The molecule has 0 bridgehead atoms. The second-order valence-corrected chi connectivity index (χ2v) is 11.0. The zero-order chi connectivity index (χ0) is 26.3. The van der Waals surface area contributed by atoms with Crippen molar-refractivity contribution < 1.29 is 28.0 Å². The third kappa shape index (κ3) is 6.61. The molecular weight excluding hydrogens is 484 g/mol. The average Bonchev–Trinajstić information content (AvgIpc) is 2.88. The van der Waals surface area contributed by atoms with Gasteiger partial charge in [-0.25, -0.2) is 13.9 Å². The molecule has 196 valence electrons. The number of likely N-dealkylation sites (N-methyl/N-ethyl adjacent to an activating group) is 1. The lowest BCUT2D eigenvalue weighted by Crippen LogP contribution is -2.55. The van der Waals surface area contributed by atoms with Crippen LogP contribution in [0.15, 0.2) is 59.5 Å². The van der Waals surface area contributed by atoms with Gasteiger partial charge in [0, 0.05) is 19.6 Å². The summed E-state index contributed by atoms with van der Waals surface area (Å²) in [6.45, 7) is 1.01. The molecule has 0 saturated carbocycles. The Bertz CT molecular complexity index is 1120. The summed E-state index contributed by atoms with van der Waals surface area (Å²) in [6, 6.07) is 13.8. The molecule has 1 aliphatic heterocycles. The molecule has 3 rings (SSSR count). The van der Waals surface area contributed by atoms with Crippen LogP contribution in [0.3, 0.4) is 0 Å². The summed E-state index contributed by atoms with van der Waals surface area (Å²) in [7, 11) is 0.968. The quantitative estimate of drug-likeness (QED) is 0.362. The van der Waals surface area contributed by atoms with E-state index in [1.807, 2.05) is 20.2 Å². The number of nitrogens with one attached hydrogen (secondary N) is 1. The lowest BCUT2D eigenvalue weighted by Gasteiger charge is -2.39. The van der Waals surface area contributed by atoms with Gasteiger partial charge in [-0.15, -0.1) is 0 Å². The van der Waals surface area contributed by atoms with Gasteiger partial charge in [0.1, 0.15) is 11.8 Å². The number of methoxy groups -OCH3 is 1. The molecule has 2 aromatic carbocycles. The van der Waals surface area contributed by atoms with Gasteiger partial charge in [-0.05, 0) is 62.7 Å². The highest BCUT2D eigenvalue weighted by Gasteiger charge is 2.42. The molecule has 0 radical (unpaired) electrons. The summed E-state index contributed by atoms with van der Waals surface area (Å²) in [6.07, 6.45) is 0.835. The predicted octanol–water partition coefficient (Wildman–Crippen LogP) is 1.56. The normalized spacial score (nSPS) is 15.7. The first-order valence-electron chi connectivity index (χ1n) is 11.7. The summed E-state index contributed by atoms with van der Waals surface area (Å²) in [4.78, 5) is 29.0. The summed E-state index contributed by atoms with van der Waals surface area (Å²) < 4.78 is 34.1. The van der Waals surface area contributed by atoms with Crippen molar-refractivity contribution in [1.29, 1.82) is 0 Å². The number of piperidine rings is 1. The van der Waals surface area contributed by atoms with E-state index in [4.69, 9.17) is 4.74 Å². The first-order chi connectivity index (χ1) is 17.2. The summed E-state index contributed by atoms with van der Waals surface area (Å²) in [5.74, 6) is -0.727. The number of ether oxygens (including phenoxy) is 1. The van der Waals surface area contributed by atoms with E-state index in [9.17, 15) is 23.2 Å². The van der Waals surface area contributed by atoms with Crippen LogP contribution in [0.5, 0.6) is 5.75 Å². The number of hydrogen-bond donors (Lipinski definition) is 2. The highest BCUT2D eigenvalue weighted by molar-refractivity contribution is 7.89. The highest BCUT2D eigenvalue weighted by Crippen LogP contribution is 2.31. The number of rotatable bonds is 10. The maximum Gasteiger partial charge on any atom is 0.262 e. The second-order valence-electron chi connectivity index (χ2n) is 9.09. The molecule has 1 aliphatic rings. The second kappa shape index (κ2) is 12.3. The van der Waals surface area contributed by atoms with Crippen LogP contribution in [0.1, 0.15) is 18.4 Å². The smallest absolute Gasteiger partial charge is 0.262 e. The van der Waals surface area contributed by atoms with Gasteiger partial charge in [0.2, 0.25) is 15.9 Å². The lowest BCUT2D eigenvalue weighted by atomic mass is 9.88. The van der Waals surface area contributed by atoms with E-state index in [2.05, 4.69) is 0 Å². The molecule has 0 aliphatic carbocycles. The van der Waals surface area contributed by atoms with Crippen molar-refractivity contribution in [2.24, 2.45) is 5.92 Å². The van der Waals surface area contributed by atoms with Crippen LogP contribution in [-0.2, 0) is 26.2 Å². The first-order valence-corrected chi connectivity index (χ1v) is 13.2. The van der Waals surface area contributed by atoms with Crippen LogP contribution < -0.4 is 10.2 Å². The number of hydroxylamine groups is 1. The van der Waals surface area contributed by atoms with Crippen molar-refractivity contribution >= 4 is 21.8 Å². The Morgan fingerprint density at radius 2 is 1.69 bits per heavy atom. The van der Waals surface area contributed by atoms with Gasteiger partial charge in [0.05, 0.1) is 18.6 Å². The van der Waals surface area contributed by atoms with Gasteiger partial charge in [-0.1, -0.05) is 30.3 Å². The number of carbonyl (C=O) groups is 2. The van der Waals surface area contributed by atoms with E-state index < -0.39 is 27.9 Å². The van der Waals surface area contributed by atoms with Gasteiger partial charge < -0.3 is 14.5 Å². The van der Waals surface area contributed by atoms with Crippen molar-refractivity contribution in [3.8, 4) is 5.75 Å². The van der Waals surface area contributed by atoms with E-state index in [0.29, 0.717) is 37.2 Å². The summed E-state index contributed by atoms with van der Waals surface area (Å²) in [5, 5.41) is 9.59. The molecule has 1 unspecified atom stereocenters. The van der Waals surface area contributed by atoms with Gasteiger partial charge in [-0.3, -0.25) is 14.8 Å². The van der Waals surface area contributed by atoms with Crippen molar-refractivity contribution in [3.63, 3.8) is 0 Å². The number of benzene rings is 2. The molecule has 0 aromatic heterocycles. The minimum absolute atomic E-state index is 0.00793. The molecule has 1 atom stereocenters. The standard InChI is InChI=1S/C25H34N4O6S/c1-27(2)18-23(30)28-15-13-20(14-16-28)24(25(31)26-32)29(17-19-7-5-4-6-8-19)36(33,34)22-11-9-21(35-3)10-12-22/h4-12,20,24,32H,13-18H2,1-3H3,(H,26,31). The monoisotopic (exact) mass is 518 g/mol. The van der Waals surface area contributed by atoms with Crippen LogP contribution in [0.25, 0.3) is 0 Å². The van der Waals surface area contributed by atoms with Crippen molar-refractivity contribution in [2.75, 3.05) is 40.8 Å². The fourth-order valence-corrected chi connectivity index (χ4v) is 6.10. The van der Waals surface area contributed by atoms with Crippen LogP contribution in [0.4, 0.5) is 0 Å². The van der Waals surface area contributed by atoms with Gasteiger partial charge >= 0.3 is 0 Å². The Labute approximate surface area is 212 Å². The van der Waals surface area contributed by atoms with Crippen molar-refractivity contribution in [3.05, 3.63) is 60.2 Å². The molecule has 10 nitrogen and oxygen atoms in total. The predicted molar refractivity (Wildman–Crippen MR) is 134 cm³/mol. The molecule has 0 spiro atoms. The zero-order valence-corrected chi connectivity index (χ0v) is 21.6. The molecule has 2 aromatic rings. The van der Waals surface area contributed by atoms with Crippen LogP contribution >= 0.6 is 0 Å². The minimum Gasteiger partial charge on any atom is -0.497 e. The summed E-state index contributed by atoms with van der Waals surface area (Å²) in [5.41, 5.74) is 2.38. The van der Waals surface area contributed by atoms with Gasteiger partial charge in [0.25, 0.3) is 5.91 Å². The van der Waals surface area contributed by atoms with E-state index in [-0.39, 0.29) is 23.9 Å². The Hall–Kier alpha value is -2.99. The Balaban J connectivity index is 1.95. The molecule has 1 heterocycles. The maximum absolute atomic E-state index is 13.9. The summed E-state index contributed by atoms with van der Waals surface area (Å²) >= 11 is 0. The molecule has 2 N–H and O–H groups in total. The molecular formula is C25H34N4O6S. The molecule has 1 fully saturated rings. The van der Waals surface area contributed by atoms with Crippen LogP contribution in [0, 0.1) is 5.92 Å². The van der Waals surface area contributed by atoms with E-state index in [0.717, 1.165) is 4.31 Å². The average molecular weight is 519 g/mol. The third-order valence-corrected chi connectivity index (χ3v) is 8.17. The number of amides is 2. The molecule has 2 amide bonds. The zero-order valence-electron chi connectivity index (χ0n) is 20.8. The van der Waals surface area contributed by atoms with Crippen molar-refractivity contribution in [2.45, 2.75) is 30.3 Å². The van der Waals surface area contributed by atoms with Gasteiger partial charge in [-0.2, -0.15) is 4.31 Å². The third-order valence-electron chi connectivity index (χ3n) is 6.33. The SMILES string of the molecule is COc1ccc(S(=O)(=O)N(Cc2ccccc2)C(C(=O)NO)C2CCN(C(=O)CN(C)C)CC2)cc1. The van der Waals surface area contributed by atoms with Crippen LogP contribution in [0.2, 0.25) is 0 Å². The van der Waals surface area contributed by atoms with E-state index in [1.165, 1.54) is 19.2 Å². The Kier molecular flexibility index (Phi) is 9.43. The first kappa shape index (κ1) is 27.6. The van der Waals surface area contributed by atoms with Crippen molar-refractivity contribution in [1.82, 2.24) is 19.6 Å². The topological polar surface area (TPSA) is 119 Å². The van der Waals surface area contributed by atoms with Gasteiger partial charge in [0.15, 0.2) is 0 Å². The molecule has 36 heavy (non-hydrogen) atoms. The fourth-order valence-electron chi connectivity index (χ4n) is 4.46. The number of nitrogens with zero attached hydrogens (tertiary/aromatic N) is 3. The number of likely N-dealkylation sites (tertiary alicyclic amines) is 1. The molecule has 11 heteroatoms. The molecule has 1 saturated heterocycles. The number of hydrogen-bond acceptors (Lipinski definition) is 7. The highest BCUT2D eigenvalue weighted by atomic mass is 32.2. The van der Waals surface area contributed by atoms with E-state index in [1.54, 1.807) is 51.7 Å². The van der Waals surface area contributed by atoms with E-state index >= 15 is 0 Å². The number of sulfonamides is 1. The Morgan fingerprint density at radius 1 is 1.08 bits per heavy atom.